The van der Waals surface area contributed by atoms with Crippen molar-refractivity contribution >= 4 is 23.6 Å². The lowest BCUT2D eigenvalue weighted by Gasteiger charge is -2.17. The van der Waals surface area contributed by atoms with Crippen LogP contribution in [0, 0.1) is 34.5 Å². The number of halogens is 3. The number of aliphatic hydroxyl groups is 1. The molecule has 1 saturated carbocycles. The number of methoxy groups -OCH3 is 1. The van der Waals surface area contributed by atoms with Crippen LogP contribution in [0.4, 0.5) is 18.9 Å². The Bertz CT molecular complexity index is 862. The molecule has 1 aromatic carbocycles. The third-order valence-electron chi connectivity index (χ3n) is 4.58. The minimum atomic E-state index is -1.95. The second kappa shape index (κ2) is 8.85. The molecule has 0 heterocycles. The first-order valence-corrected chi connectivity index (χ1v) is 8.57. The normalized spacial score (nSPS) is 16.2. The average Bonchev–Trinajstić information content (AvgIpc) is 2.69. The Morgan fingerprint density at radius 3 is 2.36 bits per heavy atom. The summed E-state index contributed by atoms with van der Waals surface area (Å²) in [6.07, 6.45) is 5.30. The Labute approximate surface area is 158 Å². The van der Waals surface area contributed by atoms with Gasteiger partial charge in [-0.15, -0.1) is 0 Å². The zero-order chi connectivity index (χ0) is 21.0. The predicted molar refractivity (Wildman–Crippen MR) is 94.6 cm³/mol. The Kier molecular flexibility index (Phi) is 6.76. The van der Waals surface area contributed by atoms with Gasteiger partial charge in [0.05, 0.1) is 12.0 Å². The molecule has 0 spiro atoms. The zero-order valence-electron chi connectivity index (χ0n) is 15.3. The van der Waals surface area contributed by atoms with Crippen molar-refractivity contribution in [1.29, 1.82) is 0 Å². The number of esters is 1. The highest BCUT2D eigenvalue weighted by Crippen LogP contribution is 2.35. The van der Waals surface area contributed by atoms with E-state index in [-0.39, 0.29) is 6.04 Å². The predicted octanol–water partition coefficient (Wildman–Crippen LogP) is 4.17. The largest absolute Gasteiger partial charge is 0.506 e. The number of nitro benzene ring substituents is 1. The number of carbonyl (C=O) groups excluding carboxylic acids is 1. The number of aliphatic imine (C=N–C) groups is 1. The molecule has 0 aliphatic heterocycles. The Morgan fingerprint density at radius 2 is 1.82 bits per heavy atom. The van der Waals surface area contributed by atoms with Crippen molar-refractivity contribution in [2.24, 2.45) is 4.99 Å². The van der Waals surface area contributed by atoms with Gasteiger partial charge in [0.25, 0.3) is 0 Å². The highest BCUT2D eigenvalue weighted by atomic mass is 19.2. The van der Waals surface area contributed by atoms with Crippen LogP contribution in [0.3, 0.4) is 0 Å². The van der Waals surface area contributed by atoms with E-state index in [1.165, 1.54) is 0 Å². The molecule has 0 radical (unpaired) electrons. The van der Waals surface area contributed by atoms with Gasteiger partial charge in [-0.2, -0.15) is 4.39 Å². The third-order valence-corrected chi connectivity index (χ3v) is 4.58. The summed E-state index contributed by atoms with van der Waals surface area (Å²) >= 11 is 0. The third kappa shape index (κ3) is 4.15. The minimum absolute atomic E-state index is 0.146. The fourth-order valence-corrected chi connectivity index (χ4v) is 3.02. The molecule has 0 bridgehead atoms. The molecule has 152 valence electrons. The Hall–Kier alpha value is -2.91. The average molecular weight is 400 g/mol. The molecule has 1 aliphatic carbocycles. The molecule has 1 fully saturated rings. The lowest BCUT2D eigenvalue weighted by molar-refractivity contribution is -0.388. The van der Waals surface area contributed by atoms with Crippen LogP contribution in [0.1, 0.15) is 43.2 Å². The second-order valence-electron chi connectivity index (χ2n) is 6.37. The fraction of sp³-hybridized carbons (Fsp3) is 0.444. The molecular formula is C18H19F3N2O5. The van der Waals surface area contributed by atoms with E-state index >= 15 is 0 Å². The molecule has 10 heteroatoms. The summed E-state index contributed by atoms with van der Waals surface area (Å²) in [4.78, 5) is 26.0. The Morgan fingerprint density at radius 1 is 1.21 bits per heavy atom. The summed E-state index contributed by atoms with van der Waals surface area (Å²) in [5.74, 6) is -7.67. The van der Waals surface area contributed by atoms with Crippen LogP contribution in [0.2, 0.25) is 0 Å². The molecular weight excluding hydrogens is 381 g/mol. The molecule has 28 heavy (non-hydrogen) atoms. The lowest BCUT2D eigenvalue weighted by atomic mass is 9.96. The molecule has 1 N–H and O–H groups in total. The van der Waals surface area contributed by atoms with Crippen molar-refractivity contribution in [3.63, 3.8) is 0 Å². The van der Waals surface area contributed by atoms with E-state index in [9.17, 15) is 33.2 Å². The van der Waals surface area contributed by atoms with Crippen molar-refractivity contribution in [2.45, 2.75) is 45.1 Å². The molecule has 7 nitrogen and oxygen atoms in total. The number of nitro groups is 1. The van der Waals surface area contributed by atoms with Crippen LogP contribution < -0.4 is 0 Å². The second-order valence-corrected chi connectivity index (χ2v) is 6.37. The van der Waals surface area contributed by atoms with Crippen molar-refractivity contribution in [1.82, 2.24) is 0 Å². The van der Waals surface area contributed by atoms with E-state index in [1.807, 2.05) is 0 Å². The smallest absolute Gasteiger partial charge is 0.343 e. The molecule has 1 aliphatic rings. The van der Waals surface area contributed by atoms with Gasteiger partial charge in [0.15, 0.2) is 5.82 Å². The molecule has 0 aromatic heterocycles. The molecule has 2 rings (SSSR count). The van der Waals surface area contributed by atoms with Gasteiger partial charge in [-0.3, -0.25) is 15.1 Å². The maximum atomic E-state index is 14.5. The van der Waals surface area contributed by atoms with Crippen LogP contribution in [0.25, 0.3) is 5.76 Å². The summed E-state index contributed by atoms with van der Waals surface area (Å²) in [5.41, 5.74) is -4.43. The van der Waals surface area contributed by atoms with E-state index in [4.69, 9.17) is 0 Å². The van der Waals surface area contributed by atoms with Gasteiger partial charge in [-0.05, 0) is 19.8 Å². The lowest BCUT2D eigenvalue weighted by Crippen LogP contribution is -2.15. The van der Waals surface area contributed by atoms with Crippen LogP contribution in [-0.4, -0.2) is 35.4 Å². The first-order chi connectivity index (χ1) is 13.2. The van der Waals surface area contributed by atoms with Crippen molar-refractivity contribution < 1.29 is 32.7 Å². The summed E-state index contributed by atoms with van der Waals surface area (Å²) < 4.78 is 46.9. The van der Waals surface area contributed by atoms with Crippen molar-refractivity contribution in [3.8, 4) is 0 Å². The zero-order valence-corrected chi connectivity index (χ0v) is 15.3. The monoisotopic (exact) mass is 400 g/mol. The van der Waals surface area contributed by atoms with E-state index in [0.29, 0.717) is 0 Å². The number of aliphatic hydroxyl groups excluding tert-OH is 1. The van der Waals surface area contributed by atoms with Gasteiger partial charge in [0.1, 0.15) is 22.7 Å². The van der Waals surface area contributed by atoms with Crippen LogP contribution in [-0.2, 0) is 9.53 Å². The number of hydrogen-bond acceptors (Lipinski definition) is 6. The van der Waals surface area contributed by atoms with Gasteiger partial charge < -0.3 is 9.84 Å². The van der Waals surface area contributed by atoms with E-state index < -0.39 is 56.5 Å². The first-order valence-electron chi connectivity index (χ1n) is 8.57. The molecule has 0 unspecified atom stereocenters. The SMILES string of the molecule is COC(=O)C(C=NC1CCCCC1)=C(O)c1c(F)c(C)c(F)c(F)c1[N+](=O)[O-]. The number of nitrogens with zero attached hydrogens (tertiary/aromatic N) is 2. The molecule has 0 amide bonds. The maximum Gasteiger partial charge on any atom is 0.343 e. The highest BCUT2D eigenvalue weighted by Gasteiger charge is 2.35. The fourth-order valence-electron chi connectivity index (χ4n) is 3.02. The molecule has 0 saturated heterocycles. The van der Waals surface area contributed by atoms with Gasteiger partial charge in [0, 0.05) is 17.8 Å². The summed E-state index contributed by atoms with van der Waals surface area (Å²) in [6, 6.07) is -0.146. The van der Waals surface area contributed by atoms with Gasteiger partial charge in [0.2, 0.25) is 5.82 Å². The standard InChI is InChI=1S/C18H19F3N2O5/c1-9-13(19)12(16(23(26)27)15(21)14(9)20)17(24)11(18(25)28-2)8-22-10-6-4-3-5-7-10/h8,10,24H,3-7H2,1-2H3. The van der Waals surface area contributed by atoms with Gasteiger partial charge in [-0.1, -0.05) is 19.3 Å². The maximum absolute atomic E-state index is 14.5. The number of carbonyl (C=O) groups is 1. The van der Waals surface area contributed by atoms with E-state index in [0.717, 1.165) is 52.4 Å². The number of rotatable bonds is 5. The topological polar surface area (TPSA) is 102 Å². The Balaban J connectivity index is 2.69. The van der Waals surface area contributed by atoms with Gasteiger partial charge in [-0.25, -0.2) is 13.6 Å². The van der Waals surface area contributed by atoms with Gasteiger partial charge >= 0.3 is 11.7 Å². The number of hydrogen-bond donors (Lipinski definition) is 1. The van der Waals surface area contributed by atoms with Crippen LogP contribution >= 0.6 is 0 Å². The van der Waals surface area contributed by atoms with E-state index in [1.54, 1.807) is 0 Å². The minimum Gasteiger partial charge on any atom is -0.506 e. The molecule has 0 atom stereocenters. The molecule has 1 aromatic rings. The highest BCUT2D eigenvalue weighted by molar-refractivity contribution is 6.15. The summed E-state index contributed by atoms with van der Waals surface area (Å²) in [5, 5.41) is 21.6. The first kappa shape index (κ1) is 21.4. The van der Waals surface area contributed by atoms with Crippen molar-refractivity contribution in [3.05, 3.63) is 44.3 Å². The van der Waals surface area contributed by atoms with E-state index in [2.05, 4.69) is 9.73 Å². The summed E-state index contributed by atoms with van der Waals surface area (Å²) in [6.45, 7) is 0.849. The van der Waals surface area contributed by atoms with Crippen LogP contribution in [0.15, 0.2) is 10.6 Å². The summed E-state index contributed by atoms with van der Waals surface area (Å²) in [7, 11) is 0.978. The quantitative estimate of drug-likeness (QED) is 0.152. The number of ether oxygens (including phenoxy) is 1. The number of benzene rings is 1. The van der Waals surface area contributed by atoms with Crippen molar-refractivity contribution in [2.75, 3.05) is 7.11 Å². The van der Waals surface area contributed by atoms with Crippen LogP contribution in [0.5, 0.6) is 0 Å².